The zero-order chi connectivity index (χ0) is 16.0. The lowest BCUT2D eigenvalue weighted by atomic mass is 9.57. The van der Waals surface area contributed by atoms with Crippen molar-refractivity contribution in [2.45, 2.75) is 45.4 Å². The van der Waals surface area contributed by atoms with Gasteiger partial charge in [-0.15, -0.1) is 0 Å². The molecule has 2 aliphatic heterocycles. The molecule has 1 saturated carbocycles. The van der Waals surface area contributed by atoms with Gasteiger partial charge < -0.3 is 15.0 Å². The summed E-state index contributed by atoms with van der Waals surface area (Å²) in [6.07, 6.45) is 2.69. The molecule has 3 unspecified atom stereocenters. The number of hydrogen-bond acceptors (Lipinski definition) is 2. The molecule has 0 amide bonds. The summed E-state index contributed by atoms with van der Waals surface area (Å²) in [7, 11) is 1.90. The summed E-state index contributed by atoms with van der Waals surface area (Å²) in [5, 5.41) is 3.76. The average molecular weight is 313 g/mol. The number of nitrogens with one attached hydrogen (secondary N) is 1. The lowest BCUT2D eigenvalue weighted by Gasteiger charge is -2.55. The van der Waals surface area contributed by atoms with Crippen molar-refractivity contribution in [1.29, 1.82) is 0 Å². The van der Waals surface area contributed by atoms with Crippen LogP contribution < -0.4 is 5.32 Å². The zero-order valence-corrected chi connectivity index (χ0v) is 14.4. The first-order valence-electron chi connectivity index (χ1n) is 8.78. The number of benzene rings is 1. The van der Waals surface area contributed by atoms with Gasteiger partial charge in [-0.1, -0.05) is 38.1 Å². The molecule has 0 bridgehead atoms. The monoisotopic (exact) mass is 313 g/mol. The van der Waals surface area contributed by atoms with Crippen LogP contribution >= 0.6 is 0 Å². The Morgan fingerprint density at radius 2 is 2.09 bits per heavy atom. The average Bonchev–Trinajstić information content (AvgIpc) is 3.02. The topological polar surface area (TPSA) is 36.9 Å². The van der Waals surface area contributed by atoms with E-state index in [1.807, 2.05) is 7.05 Å². The third-order valence-electron chi connectivity index (χ3n) is 6.03. The second kappa shape index (κ2) is 5.52. The molecule has 4 rings (SSSR count). The van der Waals surface area contributed by atoms with Crippen LogP contribution in [0.1, 0.15) is 31.4 Å². The van der Waals surface area contributed by atoms with Crippen LogP contribution in [0.2, 0.25) is 0 Å². The smallest absolute Gasteiger partial charge is 0.194 e. The normalized spacial score (nSPS) is 32.0. The second-order valence-corrected chi connectivity index (χ2v) is 7.67. The van der Waals surface area contributed by atoms with Gasteiger partial charge in [-0.25, -0.2) is 0 Å². The highest BCUT2D eigenvalue weighted by atomic mass is 16.5. The summed E-state index contributed by atoms with van der Waals surface area (Å²) >= 11 is 0. The number of fused-ring (bicyclic) bond motifs is 2. The van der Waals surface area contributed by atoms with Gasteiger partial charge in [-0.2, -0.15) is 0 Å². The largest absolute Gasteiger partial charge is 0.377 e. The van der Waals surface area contributed by atoms with E-state index in [1.54, 1.807) is 0 Å². The Labute approximate surface area is 138 Å². The molecule has 0 aromatic heterocycles. The van der Waals surface area contributed by atoms with Gasteiger partial charge in [0.25, 0.3) is 0 Å². The van der Waals surface area contributed by atoms with Crippen LogP contribution in [0, 0.1) is 11.3 Å². The van der Waals surface area contributed by atoms with Crippen LogP contribution in [0.5, 0.6) is 0 Å². The molecule has 0 radical (unpaired) electrons. The molecule has 4 heteroatoms. The van der Waals surface area contributed by atoms with Gasteiger partial charge in [0, 0.05) is 44.1 Å². The maximum atomic E-state index is 5.91. The number of nitrogens with zero attached hydrogens (tertiary/aromatic N) is 2. The van der Waals surface area contributed by atoms with Crippen LogP contribution in [0.25, 0.3) is 0 Å². The van der Waals surface area contributed by atoms with Crippen molar-refractivity contribution in [1.82, 2.24) is 10.2 Å². The van der Waals surface area contributed by atoms with Crippen molar-refractivity contribution in [2.75, 3.05) is 20.2 Å². The Morgan fingerprint density at radius 3 is 2.87 bits per heavy atom. The molecule has 0 spiro atoms. The molecule has 2 fully saturated rings. The highest BCUT2D eigenvalue weighted by Gasteiger charge is 2.59. The molecular formula is C19H27N3O. The third-order valence-corrected chi connectivity index (χ3v) is 6.03. The van der Waals surface area contributed by atoms with Gasteiger partial charge >= 0.3 is 0 Å². The molecular weight excluding hydrogens is 286 g/mol. The van der Waals surface area contributed by atoms with Gasteiger partial charge in [0.05, 0.1) is 6.10 Å². The first-order chi connectivity index (χ1) is 11.1. The van der Waals surface area contributed by atoms with Crippen molar-refractivity contribution in [3.05, 3.63) is 35.4 Å². The second-order valence-electron chi connectivity index (χ2n) is 7.67. The van der Waals surface area contributed by atoms with Gasteiger partial charge in [0.15, 0.2) is 5.96 Å². The van der Waals surface area contributed by atoms with E-state index in [2.05, 4.69) is 53.3 Å². The fourth-order valence-corrected chi connectivity index (χ4v) is 4.73. The van der Waals surface area contributed by atoms with E-state index in [-0.39, 0.29) is 5.41 Å². The van der Waals surface area contributed by atoms with E-state index in [0.717, 1.165) is 32.1 Å². The zero-order valence-electron chi connectivity index (χ0n) is 14.4. The standard InChI is InChI=1S/C19H27N3O/c1-19(2)16(15-9-11-23-17(15)19)21-18(20-3)22-10-8-13-6-4-5-7-14(13)12-22/h4-7,15-17H,8-12H2,1-3H3,(H,20,21). The Balaban J connectivity index is 1.48. The molecule has 124 valence electrons. The van der Waals surface area contributed by atoms with Crippen LogP contribution in [0.15, 0.2) is 29.3 Å². The maximum absolute atomic E-state index is 5.91. The van der Waals surface area contributed by atoms with Crippen LogP contribution in [-0.2, 0) is 17.7 Å². The van der Waals surface area contributed by atoms with E-state index >= 15 is 0 Å². The van der Waals surface area contributed by atoms with Gasteiger partial charge in [-0.3, -0.25) is 4.99 Å². The molecule has 1 aromatic rings. The van der Waals surface area contributed by atoms with Gasteiger partial charge in [-0.05, 0) is 24.0 Å². The number of guanidine groups is 1. The van der Waals surface area contributed by atoms with E-state index in [9.17, 15) is 0 Å². The summed E-state index contributed by atoms with van der Waals surface area (Å²) in [6, 6.07) is 9.22. The Bertz CT molecular complexity index is 625. The van der Waals surface area contributed by atoms with Crippen molar-refractivity contribution in [3.63, 3.8) is 0 Å². The molecule has 1 saturated heterocycles. The predicted molar refractivity (Wildman–Crippen MR) is 92.5 cm³/mol. The number of hydrogen-bond donors (Lipinski definition) is 1. The fraction of sp³-hybridized carbons (Fsp3) is 0.632. The summed E-state index contributed by atoms with van der Waals surface area (Å²) in [5.74, 6) is 1.68. The summed E-state index contributed by atoms with van der Waals surface area (Å²) < 4.78 is 5.91. The van der Waals surface area contributed by atoms with Gasteiger partial charge in [0.1, 0.15) is 0 Å². The van der Waals surface area contributed by atoms with Crippen LogP contribution in [0.4, 0.5) is 0 Å². The minimum absolute atomic E-state index is 0.185. The highest BCUT2D eigenvalue weighted by Crippen LogP contribution is 2.52. The molecule has 1 aromatic carbocycles. The Hall–Kier alpha value is -1.55. The molecule has 23 heavy (non-hydrogen) atoms. The van der Waals surface area contributed by atoms with Gasteiger partial charge in [0.2, 0.25) is 0 Å². The highest BCUT2D eigenvalue weighted by molar-refractivity contribution is 5.80. The van der Waals surface area contributed by atoms with Crippen LogP contribution in [0.3, 0.4) is 0 Å². The lowest BCUT2D eigenvalue weighted by molar-refractivity contribution is -0.107. The Morgan fingerprint density at radius 1 is 1.30 bits per heavy atom. The summed E-state index contributed by atoms with van der Waals surface area (Å²) in [4.78, 5) is 6.97. The number of aliphatic imine (C=N–C) groups is 1. The quantitative estimate of drug-likeness (QED) is 0.639. The number of rotatable bonds is 1. The first-order valence-corrected chi connectivity index (χ1v) is 8.78. The lowest BCUT2D eigenvalue weighted by Crippen LogP contribution is -2.68. The van der Waals surface area contributed by atoms with Crippen molar-refractivity contribution in [3.8, 4) is 0 Å². The SMILES string of the molecule is CN=C(NC1C2CCOC2C1(C)C)N1CCc2ccccc2C1. The molecule has 2 heterocycles. The molecule has 1 N–H and O–H groups in total. The molecule has 1 aliphatic carbocycles. The summed E-state index contributed by atoms with van der Waals surface area (Å²) in [6.45, 7) is 7.53. The van der Waals surface area contributed by atoms with E-state index in [1.165, 1.54) is 17.5 Å². The number of ether oxygens (including phenoxy) is 1. The summed E-state index contributed by atoms with van der Waals surface area (Å²) in [5.41, 5.74) is 3.09. The minimum atomic E-state index is 0.185. The van der Waals surface area contributed by atoms with E-state index in [4.69, 9.17) is 4.74 Å². The maximum Gasteiger partial charge on any atom is 0.194 e. The first kappa shape index (κ1) is 15.0. The van der Waals surface area contributed by atoms with E-state index in [0.29, 0.717) is 18.1 Å². The van der Waals surface area contributed by atoms with Crippen molar-refractivity contribution >= 4 is 5.96 Å². The van der Waals surface area contributed by atoms with Crippen LogP contribution in [-0.4, -0.2) is 43.2 Å². The third kappa shape index (κ3) is 2.35. The minimum Gasteiger partial charge on any atom is -0.377 e. The molecule has 4 nitrogen and oxygen atoms in total. The molecule has 3 atom stereocenters. The predicted octanol–water partition coefficient (Wildman–Crippen LogP) is 2.43. The Kier molecular flexibility index (Phi) is 3.60. The van der Waals surface area contributed by atoms with Crippen molar-refractivity contribution < 1.29 is 4.74 Å². The van der Waals surface area contributed by atoms with Crippen molar-refractivity contribution in [2.24, 2.45) is 16.3 Å². The fourth-order valence-electron chi connectivity index (χ4n) is 4.73. The van der Waals surface area contributed by atoms with E-state index < -0.39 is 0 Å². The molecule has 3 aliphatic rings.